The molecule has 1 heterocycles. The molecule has 2 N–H and O–H groups in total. The van der Waals surface area contributed by atoms with Crippen molar-refractivity contribution in [2.75, 3.05) is 25.4 Å². The van der Waals surface area contributed by atoms with Gasteiger partial charge in [0, 0.05) is 12.6 Å². The second-order valence-corrected chi connectivity index (χ2v) is 8.01. The van der Waals surface area contributed by atoms with Gasteiger partial charge >= 0.3 is 0 Å². The Balaban J connectivity index is 1.67. The zero-order valence-corrected chi connectivity index (χ0v) is 12.6. The number of hydrogen-bond acceptors (Lipinski definition) is 4. The zero-order chi connectivity index (χ0) is 13.9. The number of piperidine rings is 1. The fourth-order valence-corrected chi connectivity index (χ4v) is 3.72. The van der Waals surface area contributed by atoms with E-state index in [1.54, 1.807) is 6.92 Å². The van der Waals surface area contributed by atoms with Crippen LogP contribution in [-0.2, 0) is 10.0 Å². The smallest absolute Gasteiger partial charge is 0.211 e. The van der Waals surface area contributed by atoms with Crippen LogP contribution in [0, 0.1) is 0 Å². The van der Waals surface area contributed by atoms with Gasteiger partial charge in [-0.25, -0.2) is 13.1 Å². The summed E-state index contributed by atoms with van der Waals surface area (Å²) in [6, 6.07) is 0.0907. The van der Waals surface area contributed by atoms with Gasteiger partial charge < -0.3 is 10.0 Å². The predicted octanol–water partition coefficient (Wildman–Crippen LogP) is 0.695. The van der Waals surface area contributed by atoms with E-state index in [0.717, 1.165) is 58.2 Å². The SMILES string of the molecule is CCS(=O)(=O)NC1CCN(CCC2(O)CCC2)CC1. The van der Waals surface area contributed by atoms with Crippen molar-refractivity contribution in [1.29, 1.82) is 0 Å². The molecule has 0 unspecified atom stereocenters. The molecule has 0 bridgehead atoms. The summed E-state index contributed by atoms with van der Waals surface area (Å²) in [7, 11) is -3.08. The summed E-state index contributed by atoms with van der Waals surface area (Å²) in [4.78, 5) is 2.34. The van der Waals surface area contributed by atoms with E-state index in [-0.39, 0.29) is 11.8 Å². The molecule has 0 spiro atoms. The summed E-state index contributed by atoms with van der Waals surface area (Å²) < 4.78 is 25.7. The van der Waals surface area contributed by atoms with Gasteiger partial charge in [0.05, 0.1) is 11.4 Å². The summed E-state index contributed by atoms with van der Waals surface area (Å²) >= 11 is 0. The maximum Gasteiger partial charge on any atom is 0.211 e. The molecular formula is C13H26N2O3S. The Labute approximate surface area is 116 Å². The maximum absolute atomic E-state index is 11.5. The summed E-state index contributed by atoms with van der Waals surface area (Å²) in [5.74, 6) is 0.153. The lowest BCUT2D eigenvalue weighted by Gasteiger charge is -2.39. The maximum atomic E-state index is 11.5. The third-order valence-corrected chi connectivity index (χ3v) is 5.94. The van der Waals surface area contributed by atoms with Crippen LogP contribution >= 0.6 is 0 Å². The highest BCUT2D eigenvalue weighted by atomic mass is 32.2. The lowest BCUT2D eigenvalue weighted by Crippen LogP contribution is -2.47. The van der Waals surface area contributed by atoms with Crippen LogP contribution in [-0.4, -0.2) is 55.5 Å². The first kappa shape index (κ1) is 15.2. The van der Waals surface area contributed by atoms with Gasteiger partial charge in [-0.2, -0.15) is 0 Å². The van der Waals surface area contributed by atoms with Gasteiger partial charge in [-0.15, -0.1) is 0 Å². The molecule has 2 rings (SSSR count). The number of likely N-dealkylation sites (tertiary alicyclic amines) is 1. The molecule has 5 nitrogen and oxygen atoms in total. The van der Waals surface area contributed by atoms with Crippen molar-refractivity contribution in [3.05, 3.63) is 0 Å². The highest BCUT2D eigenvalue weighted by Gasteiger charge is 2.34. The molecule has 1 saturated heterocycles. The lowest BCUT2D eigenvalue weighted by atomic mass is 9.78. The highest BCUT2D eigenvalue weighted by molar-refractivity contribution is 7.89. The van der Waals surface area contributed by atoms with Crippen molar-refractivity contribution in [2.45, 2.75) is 57.1 Å². The molecule has 0 aromatic heterocycles. The predicted molar refractivity (Wildman–Crippen MR) is 75.5 cm³/mol. The van der Waals surface area contributed by atoms with Gasteiger partial charge in [-0.05, 0) is 58.5 Å². The first-order valence-corrected chi connectivity index (χ1v) is 9.02. The van der Waals surface area contributed by atoms with E-state index in [9.17, 15) is 13.5 Å². The number of hydrogen-bond donors (Lipinski definition) is 2. The van der Waals surface area contributed by atoms with Crippen molar-refractivity contribution >= 4 is 10.0 Å². The second kappa shape index (κ2) is 6.08. The largest absolute Gasteiger partial charge is 0.390 e. The van der Waals surface area contributed by atoms with Crippen LogP contribution in [0.25, 0.3) is 0 Å². The van der Waals surface area contributed by atoms with Crippen LogP contribution in [0.4, 0.5) is 0 Å². The first-order chi connectivity index (χ1) is 8.92. The van der Waals surface area contributed by atoms with Gasteiger partial charge in [-0.1, -0.05) is 0 Å². The number of rotatable bonds is 6. The van der Waals surface area contributed by atoms with Crippen LogP contribution in [0.1, 0.15) is 45.4 Å². The molecule has 112 valence electrons. The molecule has 19 heavy (non-hydrogen) atoms. The molecule has 2 aliphatic rings. The molecule has 1 saturated carbocycles. The fourth-order valence-electron chi connectivity index (χ4n) is 2.81. The number of nitrogens with one attached hydrogen (secondary N) is 1. The van der Waals surface area contributed by atoms with Gasteiger partial charge in [-0.3, -0.25) is 0 Å². The van der Waals surface area contributed by atoms with Gasteiger partial charge in [0.15, 0.2) is 0 Å². The van der Waals surface area contributed by atoms with Crippen molar-refractivity contribution in [3.8, 4) is 0 Å². The van der Waals surface area contributed by atoms with E-state index >= 15 is 0 Å². The summed E-state index contributed by atoms with van der Waals surface area (Å²) in [5, 5.41) is 10.1. The Bertz CT molecular complexity index is 385. The third-order valence-electron chi connectivity index (χ3n) is 4.49. The van der Waals surface area contributed by atoms with Crippen LogP contribution in [0.3, 0.4) is 0 Å². The van der Waals surface area contributed by atoms with E-state index in [4.69, 9.17) is 0 Å². The quantitative estimate of drug-likeness (QED) is 0.755. The molecule has 0 radical (unpaired) electrons. The minimum Gasteiger partial charge on any atom is -0.390 e. The summed E-state index contributed by atoms with van der Waals surface area (Å²) in [6.45, 7) is 4.44. The van der Waals surface area contributed by atoms with Crippen LogP contribution in [0.15, 0.2) is 0 Å². The van der Waals surface area contributed by atoms with Gasteiger partial charge in [0.1, 0.15) is 0 Å². The van der Waals surface area contributed by atoms with Crippen molar-refractivity contribution in [3.63, 3.8) is 0 Å². The summed E-state index contributed by atoms with van der Waals surface area (Å²) in [5.41, 5.74) is -0.402. The van der Waals surface area contributed by atoms with Crippen molar-refractivity contribution in [1.82, 2.24) is 9.62 Å². The van der Waals surface area contributed by atoms with E-state index in [2.05, 4.69) is 9.62 Å². The van der Waals surface area contributed by atoms with E-state index in [1.807, 2.05) is 0 Å². The van der Waals surface area contributed by atoms with E-state index < -0.39 is 15.6 Å². The average molecular weight is 290 g/mol. The summed E-state index contributed by atoms with van der Waals surface area (Å²) in [6.07, 6.45) is 5.64. The third kappa shape index (κ3) is 4.41. The zero-order valence-electron chi connectivity index (χ0n) is 11.8. The Morgan fingerprint density at radius 1 is 1.32 bits per heavy atom. The highest BCUT2D eigenvalue weighted by Crippen LogP contribution is 2.34. The van der Waals surface area contributed by atoms with Crippen molar-refractivity contribution in [2.24, 2.45) is 0 Å². The molecule has 1 aliphatic carbocycles. The molecule has 0 atom stereocenters. The van der Waals surface area contributed by atoms with E-state index in [1.165, 1.54) is 0 Å². The second-order valence-electron chi connectivity index (χ2n) is 5.97. The van der Waals surface area contributed by atoms with Crippen molar-refractivity contribution < 1.29 is 13.5 Å². The van der Waals surface area contributed by atoms with Crippen LogP contribution < -0.4 is 4.72 Å². The fraction of sp³-hybridized carbons (Fsp3) is 1.00. The first-order valence-electron chi connectivity index (χ1n) is 7.37. The number of nitrogens with zero attached hydrogens (tertiary/aromatic N) is 1. The molecule has 0 aromatic rings. The lowest BCUT2D eigenvalue weighted by molar-refractivity contribution is -0.0473. The minimum absolute atomic E-state index is 0.0907. The molecule has 1 aliphatic heterocycles. The number of aliphatic hydroxyl groups is 1. The van der Waals surface area contributed by atoms with Crippen LogP contribution in [0.2, 0.25) is 0 Å². The van der Waals surface area contributed by atoms with E-state index in [0.29, 0.717) is 0 Å². The molecule has 0 aromatic carbocycles. The Morgan fingerprint density at radius 2 is 1.95 bits per heavy atom. The van der Waals surface area contributed by atoms with Crippen LogP contribution in [0.5, 0.6) is 0 Å². The standard InChI is InChI=1S/C13H26N2O3S/c1-2-19(17,18)14-12-4-9-15(10-5-12)11-8-13(16)6-3-7-13/h12,14,16H,2-11H2,1H3. The molecular weight excluding hydrogens is 264 g/mol. The Morgan fingerprint density at radius 3 is 2.42 bits per heavy atom. The average Bonchev–Trinajstić information content (AvgIpc) is 2.35. The molecule has 6 heteroatoms. The number of sulfonamides is 1. The van der Waals surface area contributed by atoms with Gasteiger partial charge in [0.2, 0.25) is 10.0 Å². The topological polar surface area (TPSA) is 69.6 Å². The Hall–Kier alpha value is -0.170. The normalized spacial score (nSPS) is 25.2. The molecule has 0 amide bonds. The monoisotopic (exact) mass is 290 g/mol. The molecule has 2 fully saturated rings. The van der Waals surface area contributed by atoms with Gasteiger partial charge in [0.25, 0.3) is 0 Å². The Kier molecular flexibility index (Phi) is 4.87. The minimum atomic E-state index is -3.08.